The largest absolute Gasteiger partial charge is 0.483 e. The zero-order valence-electron chi connectivity index (χ0n) is 18.7. The molecule has 3 heterocycles. The molecule has 0 bridgehead atoms. The van der Waals surface area contributed by atoms with Gasteiger partial charge in [0.1, 0.15) is 12.4 Å². The van der Waals surface area contributed by atoms with Crippen LogP contribution in [-0.2, 0) is 27.5 Å². The molecule has 0 saturated carbocycles. The summed E-state index contributed by atoms with van der Waals surface area (Å²) in [5.74, 6) is 2.94. The summed E-state index contributed by atoms with van der Waals surface area (Å²) >= 11 is 0. The standard InChI is InChI=1S/C18H28N6O2.2CH2O2/c1-13(2)18-22-21-17(26-18)12-23-7-4-5-15(10-23)9-20-16(25)11-24-8-6-19-14(24)3;2*2-1-3/h6,8,13,15H,4-5,7,9-12H2,1-3H3,(H,20,25);2*1H,(H,2,3). The Labute approximate surface area is 186 Å². The van der Waals surface area contributed by atoms with E-state index in [0.717, 1.165) is 31.8 Å². The van der Waals surface area contributed by atoms with E-state index in [9.17, 15) is 4.79 Å². The molecule has 1 saturated heterocycles. The molecule has 0 aromatic carbocycles. The molecule has 1 unspecified atom stereocenters. The van der Waals surface area contributed by atoms with E-state index in [4.69, 9.17) is 24.2 Å². The molecule has 1 amide bonds. The minimum absolute atomic E-state index is 0.0294. The number of hydrogen-bond donors (Lipinski definition) is 3. The third-order valence-electron chi connectivity index (χ3n) is 4.76. The van der Waals surface area contributed by atoms with Crippen LogP contribution in [0.15, 0.2) is 16.8 Å². The number of nitrogens with zero attached hydrogens (tertiary/aromatic N) is 5. The molecule has 2 aromatic heterocycles. The van der Waals surface area contributed by atoms with Gasteiger partial charge in [-0.1, -0.05) is 13.8 Å². The second-order valence-corrected chi connectivity index (χ2v) is 7.55. The van der Waals surface area contributed by atoms with Crippen molar-refractivity contribution < 1.29 is 29.0 Å². The average Bonchev–Trinajstić information content (AvgIpc) is 3.37. The monoisotopic (exact) mass is 452 g/mol. The van der Waals surface area contributed by atoms with Crippen molar-refractivity contribution in [1.82, 2.24) is 30.0 Å². The van der Waals surface area contributed by atoms with Gasteiger partial charge in [-0.3, -0.25) is 19.3 Å². The van der Waals surface area contributed by atoms with Crippen molar-refractivity contribution in [2.45, 2.75) is 52.6 Å². The van der Waals surface area contributed by atoms with Crippen molar-refractivity contribution in [2.24, 2.45) is 5.92 Å². The van der Waals surface area contributed by atoms with E-state index in [1.54, 1.807) is 6.20 Å². The highest BCUT2D eigenvalue weighted by Crippen LogP contribution is 2.19. The third kappa shape index (κ3) is 9.69. The summed E-state index contributed by atoms with van der Waals surface area (Å²) < 4.78 is 7.56. The lowest BCUT2D eigenvalue weighted by Gasteiger charge is -2.31. The van der Waals surface area contributed by atoms with Crippen LogP contribution in [0.5, 0.6) is 0 Å². The topological polar surface area (TPSA) is 164 Å². The van der Waals surface area contributed by atoms with Crippen LogP contribution in [0, 0.1) is 12.8 Å². The minimum Gasteiger partial charge on any atom is -0.483 e. The first-order valence-corrected chi connectivity index (χ1v) is 10.3. The highest BCUT2D eigenvalue weighted by molar-refractivity contribution is 5.75. The van der Waals surface area contributed by atoms with Gasteiger partial charge in [0.05, 0.1) is 6.54 Å². The quantitative estimate of drug-likeness (QED) is 0.519. The minimum atomic E-state index is -0.250. The number of nitrogens with one attached hydrogen (secondary N) is 1. The summed E-state index contributed by atoms with van der Waals surface area (Å²) in [4.78, 5) is 35.3. The Hall–Kier alpha value is -3.28. The number of imidazole rings is 1. The second kappa shape index (κ2) is 14.7. The zero-order valence-corrected chi connectivity index (χ0v) is 18.7. The second-order valence-electron chi connectivity index (χ2n) is 7.55. The van der Waals surface area contributed by atoms with E-state index in [1.807, 2.05) is 31.5 Å². The van der Waals surface area contributed by atoms with Crippen LogP contribution in [0.3, 0.4) is 0 Å². The SMILES string of the molecule is Cc1nccn1CC(=O)NCC1CCCN(Cc2nnc(C(C)C)o2)C1.O=CO.O=CO. The smallest absolute Gasteiger partial charge is 0.290 e. The van der Waals surface area contributed by atoms with Crippen molar-refractivity contribution >= 4 is 18.9 Å². The Morgan fingerprint density at radius 2 is 2.00 bits per heavy atom. The number of hydrogen-bond acceptors (Lipinski definition) is 8. The van der Waals surface area contributed by atoms with Crippen LogP contribution in [0.4, 0.5) is 0 Å². The fourth-order valence-corrected chi connectivity index (χ4v) is 3.26. The first-order chi connectivity index (χ1) is 15.3. The molecule has 0 spiro atoms. The Kier molecular flexibility index (Phi) is 12.3. The number of amides is 1. The number of carboxylic acid groups (broad SMARTS) is 2. The van der Waals surface area contributed by atoms with Gasteiger partial charge in [-0.15, -0.1) is 10.2 Å². The molecule has 1 aliphatic heterocycles. The van der Waals surface area contributed by atoms with Gasteiger partial charge < -0.3 is 24.5 Å². The van der Waals surface area contributed by atoms with E-state index in [-0.39, 0.29) is 24.8 Å². The molecule has 0 radical (unpaired) electrons. The first-order valence-electron chi connectivity index (χ1n) is 10.3. The fraction of sp³-hybridized carbons (Fsp3) is 0.600. The average molecular weight is 453 g/mol. The molecule has 3 rings (SSSR count). The lowest BCUT2D eigenvalue weighted by Crippen LogP contribution is -2.41. The maximum atomic E-state index is 12.1. The molecule has 1 fully saturated rings. The Bertz CT molecular complexity index is 815. The summed E-state index contributed by atoms with van der Waals surface area (Å²) in [5, 5.41) is 25.1. The van der Waals surface area contributed by atoms with Crippen molar-refractivity contribution in [3.63, 3.8) is 0 Å². The Balaban J connectivity index is 0.000000769. The Morgan fingerprint density at radius 1 is 1.31 bits per heavy atom. The van der Waals surface area contributed by atoms with Crippen LogP contribution in [-0.4, -0.2) is 73.3 Å². The molecule has 12 heteroatoms. The fourth-order valence-electron chi connectivity index (χ4n) is 3.26. The Morgan fingerprint density at radius 3 is 2.56 bits per heavy atom. The number of rotatable bonds is 7. The third-order valence-corrected chi connectivity index (χ3v) is 4.76. The van der Waals surface area contributed by atoms with Crippen LogP contribution in [0.2, 0.25) is 0 Å². The molecule has 178 valence electrons. The summed E-state index contributed by atoms with van der Waals surface area (Å²) in [6.45, 7) is 9.14. The molecule has 3 N–H and O–H groups in total. The lowest BCUT2D eigenvalue weighted by molar-refractivity contribution is -0.123. The van der Waals surface area contributed by atoms with Crippen molar-refractivity contribution in [1.29, 1.82) is 0 Å². The van der Waals surface area contributed by atoms with Gasteiger partial charge in [0, 0.05) is 31.4 Å². The molecule has 2 aromatic rings. The molecule has 12 nitrogen and oxygen atoms in total. The van der Waals surface area contributed by atoms with Gasteiger partial charge in [0.15, 0.2) is 0 Å². The number of aromatic nitrogens is 4. The van der Waals surface area contributed by atoms with Gasteiger partial charge in [-0.05, 0) is 32.2 Å². The van der Waals surface area contributed by atoms with E-state index >= 15 is 0 Å². The van der Waals surface area contributed by atoms with Crippen LogP contribution in [0.25, 0.3) is 0 Å². The number of carbonyl (C=O) groups is 3. The van der Waals surface area contributed by atoms with Crippen LogP contribution >= 0.6 is 0 Å². The zero-order chi connectivity index (χ0) is 23.9. The summed E-state index contributed by atoms with van der Waals surface area (Å²) in [7, 11) is 0. The molecule has 1 atom stereocenters. The normalized spacial score (nSPS) is 15.7. The molecular formula is C20H32N6O6. The van der Waals surface area contributed by atoms with Gasteiger partial charge in [0.2, 0.25) is 17.7 Å². The van der Waals surface area contributed by atoms with E-state index in [0.29, 0.717) is 37.3 Å². The molecular weight excluding hydrogens is 420 g/mol. The first kappa shape index (κ1) is 26.8. The van der Waals surface area contributed by atoms with Crippen molar-refractivity contribution in [3.05, 3.63) is 30.0 Å². The predicted molar refractivity (Wildman–Crippen MR) is 114 cm³/mol. The number of carbonyl (C=O) groups excluding carboxylic acids is 1. The number of piperidine rings is 1. The van der Waals surface area contributed by atoms with E-state index in [2.05, 4.69) is 25.4 Å². The number of likely N-dealkylation sites (tertiary alicyclic amines) is 1. The lowest BCUT2D eigenvalue weighted by atomic mass is 9.98. The van der Waals surface area contributed by atoms with E-state index in [1.165, 1.54) is 0 Å². The molecule has 32 heavy (non-hydrogen) atoms. The van der Waals surface area contributed by atoms with Gasteiger partial charge in [0.25, 0.3) is 12.9 Å². The summed E-state index contributed by atoms with van der Waals surface area (Å²) in [6.07, 6.45) is 5.78. The van der Waals surface area contributed by atoms with Crippen molar-refractivity contribution in [3.8, 4) is 0 Å². The van der Waals surface area contributed by atoms with Gasteiger partial charge in [-0.2, -0.15) is 0 Å². The van der Waals surface area contributed by atoms with Gasteiger partial charge in [-0.25, -0.2) is 4.98 Å². The number of aryl methyl sites for hydroxylation is 1. The van der Waals surface area contributed by atoms with Gasteiger partial charge >= 0.3 is 0 Å². The van der Waals surface area contributed by atoms with Crippen LogP contribution in [0.1, 0.15) is 50.2 Å². The maximum Gasteiger partial charge on any atom is 0.290 e. The van der Waals surface area contributed by atoms with Crippen LogP contribution < -0.4 is 5.32 Å². The summed E-state index contributed by atoms with van der Waals surface area (Å²) in [6, 6.07) is 0. The van der Waals surface area contributed by atoms with E-state index < -0.39 is 0 Å². The highest BCUT2D eigenvalue weighted by atomic mass is 16.4. The molecule has 0 aliphatic carbocycles. The summed E-state index contributed by atoms with van der Waals surface area (Å²) in [5.41, 5.74) is 0. The van der Waals surface area contributed by atoms with Crippen molar-refractivity contribution in [2.75, 3.05) is 19.6 Å². The maximum absolute atomic E-state index is 12.1. The molecule has 1 aliphatic rings. The highest BCUT2D eigenvalue weighted by Gasteiger charge is 2.22. The predicted octanol–water partition coefficient (Wildman–Crippen LogP) is 1.13.